The molecular formula is C18H14F3N3O3. The van der Waals surface area contributed by atoms with E-state index in [0.29, 0.717) is 5.56 Å². The molecule has 0 saturated carbocycles. The van der Waals surface area contributed by atoms with Crippen molar-refractivity contribution in [3.63, 3.8) is 0 Å². The van der Waals surface area contributed by atoms with Crippen molar-refractivity contribution in [1.29, 1.82) is 0 Å². The van der Waals surface area contributed by atoms with Crippen molar-refractivity contribution >= 4 is 23.5 Å². The predicted molar refractivity (Wildman–Crippen MR) is 88.4 cm³/mol. The predicted octanol–water partition coefficient (Wildman–Crippen LogP) is 3.00. The maximum absolute atomic E-state index is 12.7. The third kappa shape index (κ3) is 4.30. The van der Waals surface area contributed by atoms with Gasteiger partial charge in [0.2, 0.25) is 11.8 Å². The Morgan fingerprint density at radius 2 is 1.70 bits per heavy atom. The Labute approximate surface area is 152 Å². The molecule has 3 rings (SSSR count). The molecule has 1 aliphatic rings. The topological polar surface area (TPSA) is 79.4 Å². The van der Waals surface area contributed by atoms with Gasteiger partial charge in [0.25, 0.3) is 5.91 Å². The second-order valence-electron chi connectivity index (χ2n) is 5.95. The molecule has 1 aliphatic heterocycles. The molecule has 0 radical (unpaired) electrons. The van der Waals surface area contributed by atoms with Crippen molar-refractivity contribution in [2.24, 2.45) is 0 Å². The molecule has 0 bridgehead atoms. The number of anilines is 1. The van der Waals surface area contributed by atoms with Gasteiger partial charge in [0.15, 0.2) is 0 Å². The molecular weight excluding hydrogens is 363 g/mol. The molecule has 3 amide bonds. The van der Waals surface area contributed by atoms with Crippen LogP contribution in [0.4, 0.5) is 19.0 Å². The van der Waals surface area contributed by atoms with Crippen molar-refractivity contribution in [3.8, 4) is 0 Å². The minimum atomic E-state index is -4.53. The fraction of sp³-hybridized carbons (Fsp3) is 0.222. The molecule has 6 nitrogen and oxygen atoms in total. The molecule has 2 heterocycles. The van der Waals surface area contributed by atoms with E-state index in [0.717, 1.165) is 23.2 Å². The van der Waals surface area contributed by atoms with Crippen LogP contribution in [0.2, 0.25) is 0 Å². The van der Waals surface area contributed by atoms with E-state index in [9.17, 15) is 27.6 Å². The van der Waals surface area contributed by atoms with Gasteiger partial charge in [-0.05, 0) is 29.8 Å². The summed E-state index contributed by atoms with van der Waals surface area (Å²) in [6, 6.07) is 7.63. The number of rotatable bonds is 4. The van der Waals surface area contributed by atoms with Gasteiger partial charge in [0, 0.05) is 24.6 Å². The van der Waals surface area contributed by atoms with Gasteiger partial charge in [-0.15, -0.1) is 0 Å². The Morgan fingerprint density at radius 1 is 1.07 bits per heavy atom. The van der Waals surface area contributed by atoms with Crippen LogP contribution in [0.25, 0.3) is 0 Å². The van der Waals surface area contributed by atoms with Gasteiger partial charge >= 0.3 is 6.18 Å². The monoisotopic (exact) mass is 377 g/mol. The number of halogens is 3. The molecule has 1 aromatic heterocycles. The number of likely N-dealkylation sites (tertiary alicyclic amines) is 1. The van der Waals surface area contributed by atoms with Crippen LogP contribution in [0.15, 0.2) is 42.6 Å². The lowest BCUT2D eigenvalue weighted by Crippen LogP contribution is -2.28. The molecule has 1 saturated heterocycles. The number of hydrogen-bond acceptors (Lipinski definition) is 4. The first-order chi connectivity index (χ1) is 12.7. The normalized spacial score (nSPS) is 14.6. The van der Waals surface area contributed by atoms with Gasteiger partial charge in [-0.2, -0.15) is 13.2 Å². The smallest absolute Gasteiger partial charge is 0.307 e. The van der Waals surface area contributed by atoms with Crippen LogP contribution in [-0.2, 0) is 22.3 Å². The van der Waals surface area contributed by atoms with Crippen molar-refractivity contribution in [2.45, 2.75) is 25.6 Å². The maximum Gasteiger partial charge on any atom is 0.416 e. The standard InChI is InChI=1S/C18H14F3N3O3/c19-18(20,21)13-7-8-22-14(9-13)23-17(27)12-3-1-11(2-4-12)10-24-15(25)5-6-16(24)26/h1-4,7-9H,5-6,10H2,(H,22,23,27). The fourth-order valence-corrected chi connectivity index (χ4v) is 2.61. The van der Waals surface area contributed by atoms with Crippen LogP contribution in [0.3, 0.4) is 0 Å². The number of carbonyl (C=O) groups excluding carboxylic acids is 3. The first kappa shape index (κ1) is 18.6. The number of nitrogens with zero attached hydrogens (tertiary/aromatic N) is 2. The molecule has 0 atom stereocenters. The van der Waals surface area contributed by atoms with Gasteiger partial charge in [-0.3, -0.25) is 19.3 Å². The fourth-order valence-electron chi connectivity index (χ4n) is 2.61. The minimum Gasteiger partial charge on any atom is -0.307 e. The third-order valence-corrected chi connectivity index (χ3v) is 4.04. The molecule has 0 spiro atoms. The summed E-state index contributed by atoms with van der Waals surface area (Å²) in [4.78, 5) is 40.3. The summed E-state index contributed by atoms with van der Waals surface area (Å²) in [5.41, 5.74) is -0.0486. The molecule has 140 valence electrons. The molecule has 1 aromatic carbocycles. The summed E-state index contributed by atoms with van der Waals surface area (Å²) < 4.78 is 38.1. The van der Waals surface area contributed by atoms with Crippen LogP contribution in [0, 0.1) is 0 Å². The summed E-state index contributed by atoms with van der Waals surface area (Å²) in [5.74, 6) is -1.32. The molecule has 2 aromatic rings. The average molecular weight is 377 g/mol. The summed E-state index contributed by atoms with van der Waals surface area (Å²) in [6.45, 7) is 0.120. The van der Waals surface area contributed by atoms with Gasteiger partial charge in [-0.25, -0.2) is 4.98 Å². The van der Waals surface area contributed by atoms with Gasteiger partial charge in [0.1, 0.15) is 5.82 Å². The Kier molecular flexibility index (Phi) is 4.93. The molecule has 1 fully saturated rings. The number of carbonyl (C=O) groups is 3. The van der Waals surface area contributed by atoms with Crippen LogP contribution in [0.1, 0.15) is 34.3 Å². The first-order valence-electron chi connectivity index (χ1n) is 8.01. The molecule has 0 unspecified atom stereocenters. The van der Waals surface area contributed by atoms with Crippen molar-refractivity contribution < 1.29 is 27.6 Å². The Hall–Kier alpha value is -3.23. The van der Waals surface area contributed by atoms with Crippen LogP contribution in [-0.4, -0.2) is 27.6 Å². The summed E-state index contributed by atoms with van der Waals surface area (Å²) in [7, 11) is 0. The average Bonchev–Trinajstić information content (AvgIpc) is 2.94. The molecule has 0 aliphatic carbocycles. The SMILES string of the molecule is O=C(Nc1cc(C(F)(F)F)ccn1)c1ccc(CN2C(=O)CCC2=O)cc1. The lowest BCUT2D eigenvalue weighted by Gasteiger charge is -2.14. The lowest BCUT2D eigenvalue weighted by atomic mass is 10.1. The maximum atomic E-state index is 12.7. The molecule has 9 heteroatoms. The van der Waals surface area contributed by atoms with Crippen LogP contribution >= 0.6 is 0 Å². The Morgan fingerprint density at radius 3 is 2.30 bits per heavy atom. The summed E-state index contributed by atoms with van der Waals surface area (Å²) in [5, 5.41) is 2.31. The number of pyridine rings is 1. The second kappa shape index (κ2) is 7.18. The first-order valence-corrected chi connectivity index (χ1v) is 8.01. The van der Waals surface area contributed by atoms with Crippen LogP contribution < -0.4 is 5.32 Å². The highest BCUT2D eigenvalue weighted by Crippen LogP contribution is 2.30. The van der Waals surface area contributed by atoms with E-state index >= 15 is 0 Å². The van der Waals surface area contributed by atoms with E-state index in [4.69, 9.17) is 0 Å². The van der Waals surface area contributed by atoms with E-state index in [1.807, 2.05) is 0 Å². The number of hydrogen-bond donors (Lipinski definition) is 1. The van der Waals surface area contributed by atoms with Crippen LogP contribution in [0.5, 0.6) is 0 Å². The van der Waals surface area contributed by atoms with E-state index < -0.39 is 17.6 Å². The number of benzene rings is 1. The Bertz CT molecular complexity index is 879. The number of nitrogens with one attached hydrogen (secondary N) is 1. The number of amides is 3. The van der Waals surface area contributed by atoms with Gasteiger partial charge in [0.05, 0.1) is 12.1 Å². The third-order valence-electron chi connectivity index (χ3n) is 4.04. The lowest BCUT2D eigenvalue weighted by molar-refractivity contribution is -0.139. The minimum absolute atomic E-state index is 0.120. The van der Waals surface area contributed by atoms with E-state index in [1.165, 1.54) is 12.1 Å². The van der Waals surface area contributed by atoms with Crippen molar-refractivity contribution in [2.75, 3.05) is 5.32 Å². The summed E-state index contributed by atoms with van der Waals surface area (Å²) >= 11 is 0. The number of aromatic nitrogens is 1. The molecule has 27 heavy (non-hydrogen) atoms. The van der Waals surface area contributed by atoms with Gasteiger partial charge < -0.3 is 5.32 Å². The highest BCUT2D eigenvalue weighted by atomic mass is 19.4. The van der Waals surface area contributed by atoms with E-state index in [1.54, 1.807) is 12.1 Å². The largest absolute Gasteiger partial charge is 0.416 e. The zero-order valence-corrected chi connectivity index (χ0v) is 13.9. The zero-order chi connectivity index (χ0) is 19.6. The van der Waals surface area contributed by atoms with E-state index in [-0.39, 0.29) is 42.6 Å². The second-order valence-corrected chi connectivity index (χ2v) is 5.95. The highest BCUT2D eigenvalue weighted by Gasteiger charge is 2.31. The van der Waals surface area contributed by atoms with Crippen molar-refractivity contribution in [1.82, 2.24) is 9.88 Å². The van der Waals surface area contributed by atoms with Crippen molar-refractivity contribution in [3.05, 3.63) is 59.3 Å². The zero-order valence-electron chi connectivity index (χ0n) is 13.9. The summed E-state index contributed by atoms with van der Waals surface area (Å²) in [6.07, 6.45) is -3.17. The molecule has 1 N–H and O–H groups in total. The Balaban J connectivity index is 1.67. The number of imide groups is 1. The quantitative estimate of drug-likeness (QED) is 0.831. The van der Waals surface area contributed by atoms with Gasteiger partial charge in [-0.1, -0.05) is 12.1 Å². The highest BCUT2D eigenvalue weighted by molar-refractivity contribution is 6.04. The van der Waals surface area contributed by atoms with E-state index in [2.05, 4.69) is 10.3 Å². The number of alkyl halides is 3.